The topological polar surface area (TPSA) is 47.6 Å². The van der Waals surface area contributed by atoms with E-state index >= 15 is 0 Å². The molecule has 4 nitrogen and oxygen atoms in total. The van der Waals surface area contributed by atoms with Crippen molar-refractivity contribution in [1.29, 1.82) is 0 Å². The highest BCUT2D eigenvalue weighted by Crippen LogP contribution is 2.38. The second kappa shape index (κ2) is 5.71. The van der Waals surface area contributed by atoms with Crippen LogP contribution < -0.4 is 5.32 Å². The van der Waals surface area contributed by atoms with Gasteiger partial charge in [-0.1, -0.05) is 20.8 Å². The van der Waals surface area contributed by atoms with Gasteiger partial charge in [-0.25, -0.2) is 0 Å². The molecule has 1 rings (SSSR count). The van der Waals surface area contributed by atoms with Gasteiger partial charge in [-0.05, 0) is 37.5 Å². The van der Waals surface area contributed by atoms with Crippen LogP contribution in [0.1, 0.15) is 33.6 Å². The Balaban J connectivity index is 2.77. The molecule has 0 aliphatic carbocycles. The Kier molecular flexibility index (Phi) is 4.97. The Hall–Kier alpha value is -0.393. The second-order valence-electron chi connectivity index (χ2n) is 6.51. The zero-order valence-corrected chi connectivity index (χ0v) is 13.5. The number of ether oxygens (including phenoxy) is 1. The van der Waals surface area contributed by atoms with Crippen molar-refractivity contribution in [3.8, 4) is 0 Å². The molecule has 0 radical (unpaired) electrons. The molecule has 1 N–H and O–H groups in total. The standard InChI is InChI=1S/C13H27NO3Si/c1-13(2,3)18(5,6)17-10-8-7-9-14-11(10)12(15)16-4/h10-11,14H,7-9H2,1-6H3/t10-,11-/m1/s1. The molecule has 0 unspecified atom stereocenters. The number of hydrogen-bond donors (Lipinski definition) is 1. The highest BCUT2D eigenvalue weighted by molar-refractivity contribution is 6.74. The van der Waals surface area contributed by atoms with Crippen LogP contribution in [-0.2, 0) is 14.0 Å². The molecule has 1 aliphatic rings. The van der Waals surface area contributed by atoms with Crippen molar-refractivity contribution in [2.24, 2.45) is 0 Å². The number of rotatable bonds is 3. The Bertz CT molecular complexity index is 299. The summed E-state index contributed by atoms with van der Waals surface area (Å²) in [4.78, 5) is 11.8. The maximum Gasteiger partial charge on any atom is 0.325 e. The second-order valence-corrected chi connectivity index (χ2v) is 11.3. The Labute approximate surface area is 112 Å². The summed E-state index contributed by atoms with van der Waals surface area (Å²) in [5, 5.41) is 3.37. The summed E-state index contributed by atoms with van der Waals surface area (Å²) in [5.74, 6) is -0.210. The SMILES string of the molecule is COC(=O)[C@@H]1NCCC[C@H]1O[Si](C)(C)C(C)(C)C. The van der Waals surface area contributed by atoms with Gasteiger partial charge >= 0.3 is 5.97 Å². The number of hydrogen-bond acceptors (Lipinski definition) is 4. The maximum atomic E-state index is 11.8. The molecule has 0 amide bonds. The molecule has 18 heavy (non-hydrogen) atoms. The number of nitrogens with one attached hydrogen (secondary N) is 1. The first-order valence-corrected chi connectivity index (χ1v) is 9.59. The Morgan fingerprint density at radius 3 is 2.44 bits per heavy atom. The van der Waals surface area contributed by atoms with Crippen molar-refractivity contribution in [2.75, 3.05) is 13.7 Å². The first kappa shape index (κ1) is 15.7. The van der Waals surface area contributed by atoms with E-state index < -0.39 is 8.32 Å². The van der Waals surface area contributed by atoms with Crippen LogP contribution in [0, 0.1) is 0 Å². The molecule has 1 saturated heterocycles. The molecule has 5 heteroatoms. The summed E-state index contributed by atoms with van der Waals surface area (Å²) in [5.41, 5.74) is 0. The highest BCUT2D eigenvalue weighted by Gasteiger charge is 2.43. The van der Waals surface area contributed by atoms with E-state index in [4.69, 9.17) is 9.16 Å². The predicted octanol–water partition coefficient (Wildman–Crippen LogP) is 2.30. The fourth-order valence-electron chi connectivity index (χ4n) is 1.90. The third kappa shape index (κ3) is 3.55. The van der Waals surface area contributed by atoms with E-state index in [9.17, 15) is 4.79 Å². The van der Waals surface area contributed by atoms with Crippen LogP contribution in [0.25, 0.3) is 0 Å². The van der Waals surface area contributed by atoms with Crippen LogP contribution in [0.15, 0.2) is 0 Å². The molecule has 0 aromatic carbocycles. The van der Waals surface area contributed by atoms with Crippen molar-refractivity contribution >= 4 is 14.3 Å². The van der Waals surface area contributed by atoms with Crippen LogP contribution in [0.5, 0.6) is 0 Å². The van der Waals surface area contributed by atoms with Crippen LogP contribution in [0.3, 0.4) is 0 Å². The Morgan fingerprint density at radius 2 is 1.94 bits per heavy atom. The van der Waals surface area contributed by atoms with Crippen molar-refractivity contribution in [3.63, 3.8) is 0 Å². The summed E-state index contributed by atoms with van der Waals surface area (Å²) in [7, 11) is -0.408. The molecule has 0 spiro atoms. The lowest BCUT2D eigenvalue weighted by Crippen LogP contribution is -2.56. The lowest BCUT2D eigenvalue weighted by Gasteiger charge is -2.42. The van der Waals surface area contributed by atoms with E-state index in [0.717, 1.165) is 19.4 Å². The van der Waals surface area contributed by atoms with Gasteiger partial charge in [-0.15, -0.1) is 0 Å². The number of carbonyl (C=O) groups is 1. The number of esters is 1. The zero-order valence-electron chi connectivity index (χ0n) is 12.5. The lowest BCUT2D eigenvalue weighted by atomic mass is 10.0. The van der Waals surface area contributed by atoms with Gasteiger partial charge in [0.05, 0.1) is 13.2 Å². The molecule has 1 heterocycles. The molecule has 106 valence electrons. The van der Waals surface area contributed by atoms with Crippen molar-refractivity contribution in [3.05, 3.63) is 0 Å². The van der Waals surface area contributed by atoms with Crippen molar-refractivity contribution < 1.29 is 14.0 Å². The summed E-state index contributed by atoms with van der Waals surface area (Å²) in [6, 6.07) is -0.308. The highest BCUT2D eigenvalue weighted by atomic mass is 28.4. The quantitative estimate of drug-likeness (QED) is 0.633. The van der Waals surface area contributed by atoms with Gasteiger partial charge in [-0.2, -0.15) is 0 Å². The number of piperidine rings is 1. The van der Waals surface area contributed by atoms with Gasteiger partial charge in [0.1, 0.15) is 6.04 Å². The van der Waals surface area contributed by atoms with Gasteiger partial charge in [0.15, 0.2) is 8.32 Å². The first-order valence-electron chi connectivity index (χ1n) is 6.68. The van der Waals surface area contributed by atoms with E-state index in [2.05, 4.69) is 39.2 Å². The average molecular weight is 273 g/mol. The summed E-state index contributed by atoms with van der Waals surface area (Å²) in [6.45, 7) is 11.9. The van der Waals surface area contributed by atoms with Crippen LogP contribution in [0.2, 0.25) is 18.1 Å². The molecule has 0 saturated carbocycles. The summed E-state index contributed by atoms with van der Waals surface area (Å²) in [6.07, 6.45) is 1.93. The van der Waals surface area contributed by atoms with Gasteiger partial charge < -0.3 is 14.5 Å². The van der Waals surface area contributed by atoms with Crippen molar-refractivity contribution in [1.82, 2.24) is 5.32 Å². The van der Waals surface area contributed by atoms with Gasteiger partial charge in [0, 0.05) is 0 Å². The molecule has 1 fully saturated rings. The zero-order chi connectivity index (χ0) is 14.0. The van der Waals surface area contributed by atoms with E-state index in [1.54, 1.807) is 0 Å². The minimum Gasteiger partial charge on any atom is -0.468 e. The normalized spacial score (nSPS) is 25.9. The van der Waals surface area contributed by atoms with Crippen LogP contribution in [0.4, 0.5) is 0 Å². The van der Waals surface area contributed by atoms with Crippen LogP contribution in [-0.4, -0.2) is 40.1 Å². The van der Waals surface area contributed by atoms with Crippen LogP contribution >= 0.6 is 0 Å². The van der Waals surface area contributed by atoms with E-state index in [-0.39, 0.29) is 23.2 Å². The molecular formula is C13H27NO3Si. The Morgan fingerprint density at radius 1 is 1.33 bits per heavy atom. The first-order chi connectivity index (χ1) is 8.19. The third-order valence-electron chi connectivity index (χ3n) is 4.11. The monoisotopic (exact) mass is 273 g/mol. The van der Waals surface area contributed by atoms with Crippen molar-refractivity contribution in [2.45, 2.75) is 63.9 Å². The van der Waals surface area contributed by atoms with E-state index in [0.29, 0.717) is 0 Å². The molecule has 0 aromatic heterocycles. The summed E-state index contributed by atoms with van der Waals surface area (Å²) >= 11 is 0. The third-order valence-corrected chi connectivity index (χ3v) is 8.61. The van der Waals surface area contributed by atoms with Gasteiger partial charge in [0.2, 0.25) is 0 Å². The molecule has 0 aromatic rings. The summed E-state index contributed by atoms with van der Waals surface area (Å²) < 4.78 is 11.2. The largest absolute Gasteiger partial charge is 0.468 e. The molecular weight excluding hydrogens is 246 g/mol. The fraction of sp³-hybridized carbons (Fsp3) is 0.923. The smallest absolute Gasteiger partial charge is 0.325 e. The maximum absolute atomic E-state index is 11.8. The lowest BCUT2D eigenvalue weighted by molar-refractivity contribution is -0.146. The molecule has 1 aliphatic heterocycles. The molecule has 0 bridgehead atoms. The van der Waals surface area contributed by atoms with Gasteiger partial charge in [0.25, 0.3) is 0 Å². The molecule has 2 atom stereocenters. The minimum absolute atomic E-state index is 0.0490. The van der Waals surface area contributed by atoms with E-state index in [1.165, 1.54) is 7.11 Å². The fourth-order valence-corrected chi connectivity index (χ4v) is 3.27. The van der Waals surface area contributed by atoms with E-state index in [1.807, 2.05) is 0 Å². The van der Waals surface area contributed by atoms with Gasteiger partial charge in [-0.3, -0.25) is 4.79 Å². The average Bonchev–Trinajstić information content (AvgIpc) is 2.26. The minimum atomic E-state index is -1.84. The predicted molar refractivity (Wildman–Crippen MR) is 75.1 cm³/mol. The number of carbonyl (C=O) groups excluding carboxylic acids is 1. The number of methoxy groups -OCH3 is 1.